The summed E-state index contributed by atoms with van der Waals surface area (Å²) in [6.45, 7) is 1.84. The van der Waals surface area contributed by atoms with E-state index in [1.54, 1.807) is 0 Å². The molecule has 4 nitrogen and oxygen atoms in total. The number of carboxylic acids is 1. The van der Waals surface area contributed by atoms with Gasteiger partial charge in [-0.3, -0.25) is 4.79 Å². The molecule has 2 aromatic carbocycles. The van der Waals surface area contributed by atoms with Crippen molar-refractivity contribution in [2.75, 3.05) is 5.32 Å². The number of anilines is 1. The summed E-state index contributed by atoms with van der Waals surface area (Å²) in [4.78, 5) is 10.6. The summed E-state index contributed by atoms with van der Waals surface area (Å²) in [7, 11) is 0. The molecule has 0 aliphatic rings. The first-order chi connectivity index (χ1) is 9.63. The molecule has 0 aromatic heterocycles. The summed E-state index contributed by atoms with van der Waals surface area (Å²) in [6.07, 6.45) is 0.0856. The maximum absolute atomic E-state index is 10.6. The number of rotatable bonds is 6. The SMILES string of the molecule is C[C@H](CC(=O)O)Nc1ccc(Oc2ccccc2)cc1. The van der Waals surface area contributed by atoms with Crippen LogP contribution in [0, 0.1) is 0 Å². The largest absolute Gasteiger partial charge is 0.481 e. The molecule has 0 fully saturated rings. The van der Waals surface area contributed by atoms with Gasteiger partial charge in [0.05, 0.1) is 6.42 Å². The fourth-order valence-corrected chi connectivity index (χ4v) is 1.84. The van der Waals surface area contributed by atoms with Crippen molar-refractivity contribution in [1.82, 2.24) is 0 Å². The van der Waals surface area contributed by atoms with E-state index in [0.29, 0.717) is 0 Å². The minimum atomic E-state index is -0.811. The van der Waals surface area contributed by atoms with Crippen molar-refractivity contribution in [2.45, 2.75) is 19.4 Å². The third-order valence-corrected chi connectivity index (χ3v) is 2.73. The lowest BCUT2D eigenvalue weighted by Crippen LogP contribution is -2.19. The van der Waals surface area contributed by atoms with Gasteiger partial charge in [0.15, 0.2) is 0 Å². The molecule has 0 unspecified atom stereocenters. The Bertz CT molecular complexity index is 552. The zero-order valence-electron chi connectivity index (χ0n) is 11.2. The summed E-state index contributed by atoms with van der Waals surface area (Å²) >= 11 is 0. The van der Waals surface area contributed by atoms with Gasteiger partial charge in [0.2, 0.25) is 0 Å². The number of carboxylic acid groups (broad SMARTS) is 1. The first-order valence-corrected chi connectivity index (χ1v) is 6.45. The second kappa shape index (κ2) is 6.61. The van der Waals surface area contributed by atoms with Gasteiger partial charge < -0.3 is 15.2 Å². The van der Waals surface area contributed by atoms with Crippen LogP contribution in [0.15, 0.2) is 54.6 Å². The monoisotopic (exact) mass is 271 g/mol. The molecule has 2 N–H and O–H groups in total. The Morgan fingerprint density at radius 2 is 1.70 bits per heavy atom. The van der Waals surface area contributed by atoms with Crippen LogP contribution in [0.4, 0.5) is 5.69 Å². The molecule has 0 bridgehead atoms. The molecule has 104 valence electrons. The average Bonchev–Trinajstić information content (AvgIpc) is 2.41. The lowest BCUT2D eigenvalue weighted by Gasteiger charge is -2.13. The van der Waals surface area contributed by atoms with Crippen LogP contribution < -0.4 is 10.1 Å². The minimum Gasteiger partial charge on any atom is -0.481 e. The maximum atomic E-state index is 10.6. The van der Waals surface area contributed by atoms with Crippen LogP contribution in [-0.4, -0.2) is 17.1 Å². The molecular weight excluding hydrogens is 254 g/mol. The number of para-hydroxylation sites is 1. The van der Waals surface area contributed by atoms with E-state index in [1.807, 2.05) is 61.5 Å². The molecule has 0 radical (unpaired) electrons. The number of ether oxygens (including phenoxy) is 1. The Balaban J connectivity index is 1.94. The number of benzene rings is 2. The maximum Gasteiger partial charge on any atom is 0.305 e. The van der Waals surface area contributed by atoms with E-state index >= 15 is 0 Å². The highest BCUT2D eigenvalue weighted by Gasteiger charge is 2.07. The van der Waals surface area contributed by atoms with Crippen molar-refractivity contribution in [3.05, 3.63) is 54.6 Å². The summed E-state index contributed by atoms with van der Waals surface area (Å²) in [5.41, 5.74) is 0.874. The van der Waals surface area contributed by atoms with Gasteiger partial charge in [-0.2, -0.15) is 0 Å². The van der Waals surface area contributed by atoms with Crippen molar-refractivity contribution < 1.29 is 14.6 Å². The van der Waals surface area contributed by atoms with Crippen molar-refractivity contribution in [2.24, 2.45) is 0 Å². The van der Waals surface area contributed by atoms with Crippen LogP contribution in [0.2, 0.25) is 0 Å². The van der Waals surface area contributed by atoms with Crippen LogP contribution in [0.1, 0.15) is 13.3 Å². The highest BCUT2D eigenvalue weighted by Crippen LogP contribution is 2.22. The summed E-state index contributed by atoms with van der Waals surface area (Å²) in [5.74, 6) is 0.717. The Morgan fingerprint density at radius 1 is 1.10 bits per heavy atom. The van der Waals surface area contributed by atoms with Gasteiger partial charge in [0.25, 0.3) is 0 Å². The molecule has 4 heteroatoms. The third-order valence-electron chi connectivity index (χ3n) is 2.73. The molecule has 0 heterocycles. The topological polar surface area (TPSA) is 58.6 Å². The molecule has 1 atom stereocenters. The number of hydrogen-bond acceptors (Lipinski definition) is 3. The third kappa shape index (κ3) is 4.31. The predicted molar refractivity (Wildman–Crippen MR) is 78.3 cm³/mol. The fourth-order valence-electron chi connectivity index (χ4n) is 1.84. The van der Waals surface area contributed by atoms with E-state index in [4.69, 9.17) is 9.84 Å². The second-order valence-corrected chi connectivity index (χ2v) is 4.58. The predicted octanol–water partition coefficient (Wildman–Crippen LogP) is 3.75. The molecule has 2 aromatic rings. The summed E-state index contributed by atoms with van der Waals surface area (Å²) < 4.78 is 5.68. The zero-order chi connectivity index (χ0) is 14.4. The summed E-state index contributed by atoms with van der Waals surface area (Å²) in [5, 5.41) is 11.8. The van der Waals surface area contributed by atoms with E-state index in [-0.39, 0.29) is 12.5 Å². The highest BCUT2D eigenvalue weighted by atomic mass is 16.5. The molecule has 0 saturated carbocycles. The van der Waals surface area contributed by atoms with Gasteiger partial charge in [-0.05, 0) is 43.3 Å². The zero-order valence-corrected chi connectivity index (χ0v) is 11.2. The van der Waals surface area contributed by atoms with Gasteiger partial charge in [-0.15, -0.1) is 0 Å². The van der Waals surface area contributed by atoms with Crippen molar-refractivity contribution >= 4 is 11.7 Å². The molecule has 0 amide bonds. The van der Waals surface area contributed by atoms with Gasteiger partial charge >= 0.3 is 5.97 Å². The second-order valence-electron chi connectivity index (χ2n) is 4.58. The van der Waals surface area contributed by atoms with Crippen molar-refractivity contribution in [3.63, 3.8) is 0 Å². The summed E-state index contributed by atoms with van der Waals surface area (Å²) in [6, 6.07) is 16.9. The van der Waals surface area contributed by atoms with Gasteiger partial charge in [-0.25, -0.2) is 0 Å². The quantitative estimate of drug-likeness (QED) is 0.840. The van der Waals surface area contributed by atoms with Crippen molar-refractivity contribution in [3.8, 4) is 11.5 Å². The van der Waals surface area contributed by atoms with Crippen LogP contribution >= 0.6 is 0 Å². The standard InChI is InChI=1S/C16H17NO3/c1-12(11-16(18)19)17-13-7-9-15(10-8-13)20-14-5-3-2-4-6-14/h2-10,12,17H,11H2,1H3,(H,18,19)/t12-/m1/s1. The van der Waals surface area contributed by atoms with Crippen LogP contribution in [0.5, 0.6) is 11.5 Å². The first-order valence-electron chi connectivity index (χ1n) is 6.45. The van der Waals surface area contributed by atoms with Crippen LogP contribution in [-0.2, 0) is 4.79 Å². The first kappa shape index (κ1) is 13.9. The van der Waals surface area contributed by atoms with Gasteiger partial charge in [0, 0.05) is 11.7 Å². The molecular formula is C16H17NO3. The Morgan fingerprint density at radius 3 is 2.30 bits per heavy atom. The smallest absolute Gasteiger partial charge is 0.305 e. The van der Waals surface area contributed by atoms with E-state index in [0.717, 1.165) is 17.2 Å². The fraction of sp³-hybridized carbons (Fsp3) is 0.188. The highest BCUT2D eigenvalue weighted by molar-refractivity contribution is 5.68. The van der Waals surface area contributed by atoms with Gasteiger partial charge in [0.1, 0.15) is 11.5 Å². The molecule has 2 rings (SSSR count). The molecule has 0 aliphatic heterocycles. The van der Waals surface area contributed by atoms with Gasteiger partial charge in [-0.1, -0.05) is 18.2 Å². The van der Waals surface area contributed by atoms with E-state index in [1.165, 1.54) is 0 Å². The lowest BCUT2D eigenvalue weighted by atomic mass is 10.2. The Labute approximate surface area is 118 Å². The molecule has 0 saturated heterocycles. The number of aliphatic carboxylic acids is 1. The molecule has 0 spiro atoms. The Hall–Kier alpha value is -2.49. The molecule has 0 aliphatic carbocycles. The van der Waals surface area contributed by atoms with E-state index in [9.17, 15) is 4.79 Å². The number of nitrogens with one attached hydrogen (secondary N) is 1. The number of carbonyl (C=O) groups is 1. The van der Waals surface area contributed by atoms with E-state index < -0.39 is 5.97 Å². The number of hydrogen-bond donors (Lipinski definition) is 2. The van der Waals surface area contributed by atoms with Crippen molar-refractivity contribution in [1.29, 1.82) is 0 Å². The van der Waals surface area contributed by atoms with Crippen LogP contribution in [0.25, 0.3) is 0 Å². The van der Waals surface area contributed by atoms with E-state index in [2.05, 4.69) is 5.32 Å². The molecule has 20 heavy (non-hydrogen) atoms. The minimum absolute atomic E-state index is 0.0856. The Kier molecular flexibility index (Phi) is 4.60. The lowest BCUT2D eigenvalue weighted by molar-refractivity contribution is -0.137. The average molecular weight is 271 g/mol. The normalized spacial score (nSPS) is 11.7. The van der Waals surface area contributed by atoms with Crippen LogP contribution in [0.3, 0.4) is 0 Å².